The Morgan fingerprint density at radius 3 is 1.90 bits per heavy atom. The molecule has 6 nitrogen and oxygen atoms in total. The first-order valence-corrected chi connectivity index (χ1v) is 10.9. The molecule has 1 aliphatic rings. The molecular formula is C23H21N3O3S. The molecule has 0 radical (unpaired) electrons. The molecule has 3 aromatic rings. The molecule has 152 valence electrons. The number of hydrogen-bond donors (Lipinski definition) is 1. The number of carbonyl (C=O) groups is 1. The van der Waals surface area contributed by atoms with Crippen molar-refractivity contribution in [2.24, 2.45) is 5.10 Å². The van der Waals surface area contributed by atoms with Gasteiger partial charge in [0.05, 0.1) is 17.2 Å². The van der Waals surface area contributed by atoms with Crippen LogP contribution < -0.4 is 5.43 Å². The molecule has 1 N–H and O–H groups in total. The van der Waals surface area contributed by atoms with Crippen molar-refractivity contribution < 1.29 is 13.2 Å². The summed E-state index contributed by atoms with van der Waals surface area (Å²) in [4.78, 5) is 12.6. The summed E-state index contributed by atoms with van der Waals surface area (Å²) in [6.45, 7) is 1.54. The fourth-order valence-electron chi connectivity index (χ4n) is 3.45. The number of rotatable bonds is 5. The maximum absolute atomic E-state index is 12.7. The Kier molecular flexibility index (Phi) is 5.24. The Morgan fingerprint density at radius 1 is 0.867 bits per heavy atom. The van der Waals surface area contributed by atoms with Crippen LogP contribution in [0.15, 0.2) is 82.8 Å². The summed E-state index contributed by atoms with van der Waals surface area (Å²) in [5.41, 5.74) is 8.11. The van der Waals surface area contributed by atoms with Crippen LogP contribution in [0.3, 0.4) is 0 Å². The van der Waals surface area contributed by atoms with Crippen LogP contribution in [0.25, 0.3) is 11.1 Å². The molecule has 0 saturated heterocycles. The van der Waals surface area contributed by atoms with Gasteiger partial charge in [0, 0.05) is 18.2 Å². The smallest absolute Gasteiger partial charge is 0.255 e. The monoisotopic (exact) mass is 419 g/mol. The van der Waals surface area contributed by atoms with Gasteiger partial charge in [-0.1, -0.05) is 66.2 Å². The minimum absolute atomic E-state index is 0.147. The largest absolute Gasteiger partial charge is 0.272 e. The van der Waals surface area contributed by atoms with Crippen molar-refractivity contribution >= 4 is 21.6 Å². The van der Waals surface area contributed by atoms with E-state index in [2.05, 4.69) is 10.5 Å². The molecule has 0 aliphatic heterocycles. The first-order valence-electron chi connectivity index (χ1n) is 9.46. The predicted octanol–water partition coefficient (Wildman–Crippen LogP) is 3.16. The predicted molar refractivity (Wildman–Crippen MR) is 117 cm³/mol. The summed E-state index contributed by atoms with van der Waals surface area (Å²) >= 11 is 0. The van der Waals surface area contributed by atoms with Crippen molar-refractivity contribution in [2.45, 2.75) is 11.8 Å². The average Bonchev–Trinajstić information content (AvgIpc) is 3.06. The Morgan fingerprint density at radius 2 is 1.37 bits per heavy atom. The third kappa shape index (κ3) is 3.65. The number of amides is 1. The molecule has 0 saturated carbocycles. The van der Waals surface area contributed by atoms with Crippen LogP contribution in [0.1, 0.15) is 16.7 Å². The summed E-state index contributed by atoms with van der Waals surface area (Å²) in [5.74, 6) is -0.512. The van der Waals surface area contributed by atoms with Gasteiger partial charge in [-0.2, -0.15) is 9.41 Å². The van der Waals surface area contributed by atoms with Gasteiger partial charge in [-0.05, 0) is 30.2 Å². The maximum atomic E-state index is 12.7. The van der Waals surface area contributed by atoms with E-state index in [9.17, 15) is 13.2 Å². The quantitative estimate of drug-likeness (QED) is 0.505. The van der Waals surface area contributed by atoms with Crippen LogP contribution in [0.4, 0.5) is 0 Å². The third-order valence-electron chi connectivity index (χ3n) is 5.04. The first kappa shape index (κ1) is 20.0. The van der Waals surface area contributed by atoms with E-state index in [4.69, 9.17) is 0 Å². The van der Waals surface area contributed by atoms with Gasteiger partial charge in [0.1, 0.15) is 0 Å². The highest BCUT2D eigenvalue weighted by atomic mass is 32.2. The second-order valence-corrected chi connectivity index (χ2v) is 9.21. The SMILES string of the molecule is Cc1ccc(S(=O)(=O)N(C)CC(=O)NN=C2c3ccccc3-c3ccccc32)cc1. The van der Waals surface area contributed by atoms with Crippen LogP contribution in [-0.4, -0.2) is 37.9 Å². The second kappa shape index (κ2) is 7.85. The van der Waals surface area contributed by atoms with E-state index in [1.807, 2.05) is 55.5 Å². The Hall–Kier alpha value is -3.29. The zero-order chi connectivity index (χ0) is 21.3. The normalized spacial score (nSPS) is 12.4. The van der Waals surface area contributed by atoms with Gasteiger partial charge in [-0.15, -0.1) is 0 Å². The van der Waals surface area contributed by atoms with E-state index >= 15 is 0 Å². The Bertz CT molecular complexity index is 1200. The topological polar surface area (TPSA) is 78.8 Å². The van der Waals surface area contributed by atoms with Crippen LogP contribution in [-0.2, 0) is 14.8 Å². The standard InChI is InChI=1S/C23H21N3O3S/c1-16-11-13-17(14-12-16)30(28,29)26(2)15-22(27)24-25-23-20-9-5-3-7-18(20)19-8-4-6-10-21(19)23/h3-14H,15H2,1-2H3,(H,24,27). The molecular weight excluding hydrogens is 398 g/mol. The lowest BCUT2D eigenvalue weighted by atomic mass is 10.1. The van der Waals surface area contributed by atoms with Gasteiger partial charge < -0.3 is 0 Å². The fourth-order valence-corrected chi connectivity index (χ4v) is 4.57. The lowest BCUT2D eigenvalue weighted by Gasteiger charge is -2.16. The molecule has 0 unspecified atom stereocenters. The molecule has 1 aliphatic carbocycles. The van der Waals surface area contributed by atoms with E-state index < -0.39 is 15.9 Å². The van der Waals surface area contributed by atoms with Gasteiger partial charge in [-0.3, -0.25) is 4.79 Å². The molecule has 0 fully saturated rings. The van der Waals surface area contributed by atoms with Crippen molar-refractivity contribution in [3.63, 3.8) is 0 Å². The van der Waals surface area contributed by atoms with Gasteiger partial charge in [0.2, 0.25) is 10.0 Å². The van der Waals surface area contributed by atoms with E-state index in [0.29, 0.717) is 5.71 Å². The molecule has 0 bridgehead atoms. The average molecular weight is 420 g/mol. The molecule has 3 aromatic carbocycles. The van der Waals surface area contributed by atoms with E-state index in [-0.39, 0.29) is 11.4 Å². The number of carbonyl (C=O) groups excluding carboxylic acids is 1. The molecule has 1 amide bonds. The van der Waals surface area contributed by atoms with Crippen molar-refractivity contribution in [1.82, 2.24) is 9.73 Å². The van der Waals surface area contributed by atoms with Crippen LogP contribution in [0.5, 0.6) is 0 Å². The summed E-state index contributed by atoms with van der Waals surface area (Å²) in [5, 5.41) is 4.32. The number of hydrazone groups is 1. The first-order chi connectivity index (χ1) is 14.4. The van der Waals surface area contributed by atoms with Crippen molar-refractivity contribution in [2.75, 3.05) is 13.6 Å². The lowest BCUT2D eigenvalue weighted by Crippen LogP contribution is -2.37. The van der Waals surface area contributed by atoms with Crippen molar-refractivity contribution in [1.29, 1.82) is 0 Å². The van der Waals surface area contributed by atoms with E-state index in [1.54, 1.807) is 12.1 Å². The van der Waals surface area contributed by atoms with Gasteiger partial charge >= 0.3 is 0 Å². The van der Waals surface area contributed by atoms with Gasteiger partial charge in [0.15, 0.2) is 0 Å². The molecule has 7 heteroatoms. The highest BCUT2D eigenvalue weighted by molar-refractivity contribution is 7.89. The zero-order valence-corrected chi connectivity index (χ0v) is 17.5. The number of nitrogens with zero attached hydrogens (tertiary/aromatic N) is 2. The second-order valence-electron chi connectivity index (χ2n) is 7.16. The highest BCUT2D eigenvalue weighted by Crippen LogP contribution is 2.36. The number of fused-ring (bicyclic) bond motifs is 3. The summed E-state index contributed by atoms with van der Waals surface area (Å²) in [6, 6.07) is 22.2. The van der Waals surface area contributed by atoms with Crippen molar-refractivity contribution in [3.05, 3.63) is 89.5 Å². The molecule has 0 heterocycles. The summed E-state index contributed by atoms with van der Waals surface area (Å²) < 4.78 is 26.4. The molecule has 0 atom stereocenters. The number of sulfonamides is 1. The summed E-state index contributed by atoms with van der Waals surface area (Å²) in [7, 11) is -2.38. The lowest BCUT2D eigenvalue weighted by molar-refractivity contribution is -0.121. The Balaban J connectivity index is 1.52. The van der Waals surface area contributed by atoms with Crippen molar-refractivity contribution in [3.8, 4) is 11.1 Å². The Labute approximate surface area is 175 Å². The zero-order valence-electron chi connectivity index (χ0n) is 16.7. The van der Waals surface area contributed by atoms with E-state index in [1.165, 1.54) is 19.2 Å². The third-order valence-corrected chi connectivity index (χ3v) is 6.86. The molecule has 0 aromatic heterocycles. The molecule has 30 heavy (non-hydrogen) atoms. The number of benzene rings is 3. The van der Waals surface area contributed by atoms with Crippen LogP contribution in [0, 0.1) is 6.92 Å². The minimum atomic E-state index is -3.76. The molecule has 0 spiro atoms. The number of aryl methyl sites for hydroxylation is 1. The molecule has 4 rings (SSSR count). The number of nitrogens with one attached hydrogen (secondary N) is 1. The maximum Gasteiger partial charge on any atom is 0.255 e. The van der Waals surface area contributed by atoms with Crippen LogP contribution in [0.2, 0.25) is 0 Å². The van der Waals surface area contributed by atoms with Crippen LogP contribution >= 0.6 is 0 Å². The van der Waals surface area contributed by atoms with Gasteiger partial charge in [0.25, 0.3) is 5.91 Å². The number of hydrogen-bond acceptors (Lipinski definition) is 4. The minimum Gasteiger partial charge on any atom is -0.272 e. The van der Waals surface area contributed by atoms with Gasteiger partial charge in [-0.25, -0.2) is 13.8 Å². The highest BCUT2D eigenvalue weighted by Gasteiger charge is 2.25. The number of likely N-dealkylation sites (N-methyl/N-ethyl adjacent to an activating group) is 1. The van der Waals surface area contributed by atoms with E-state index in [0.717, 1.165) is 32.1 Å². The fraction of sp³-hybridized carbons (Fsp3) is 0.130. The summed E-state index contributed by atoms with van der Waals surface area (Å²) in [6.07, 6.45) is 0.